The second-order valence-electron chi connectivity index (χ2n) is 3.67. The van der Waals surface area contributed by atoms with Crippen LogP contribution in [0.1, 0.15) is 12.5 Å². The van der Waals surface area contributed by atoms with E-state index in [1.54, 1.807) is 19.3 Å². The van der Waals surface area contributed by atoms with Crippen molar-refractivity contribution in [3.8, 4) is 0 Å². The van der Waals surface area contributed by atoms with E-state index in [1.807, 2.05) is 43.3 Å². The molecule has 16 heavy (non-hydrogen) atoms. The Bertz CT molecular complexity index is 389. The second-order valence-corrected chi connectivity index (χ2v) is 3.67. The lowest BCUT2D eigenvalue weighted by Crippen LogP contribution is -2.26. The number of methoxy groups -OCH3 is 1. The predicted octanol–water partition coefficient (Wildman–Crippen LogP) is 3.85. The van der Waals surface area contributed by atoms with E-state index in [0.29, 0.717) is 0 Å². The predicted molar refractivity (Wildman–Crippen MR) is 69.3 cm³/mol. The maximum atomic E-state index is 5.64. The Kier molecular flexibility index (Phi) is 4.27. The van der Waals surface area contributed by atoms with Crippen molar-refractivity contribution in [1.29, 1.82) is 0 Å². The third-order valence-electron chi connectivity index (χ3n) is 2.80. The molecule has 0 aliphatic heterocycles. The van der Waals surface area contributed by atoms with Gasteiger partial charge in [-0.1, -0.05) is 61.7 Å². The van der Waals surface area contributed by atoms with Crippen LogP contribution in [-0.2, 0) is 10.3 Å². The second kappa shape index (κ2) is 5.47. The van der Waals surface area contributed by atoms with Gasteiger partial charge >= 0.3 is 0 Å². The molecular formula is C15H18O. The fourth-order valence-corrected chi connectivity index (χ4v) is 1.71. The molecule has 1 aromatic carbocycles. The van der Waals surface area contributed by atoms with Gasteiger partial charge in [-0.25, -0.2) is 0 Å². The Morgan fingerprint density at radius 1 is 1.25 bits per heavy atom. The van der Waals surface area contributed by atoms with Crippen molar-refractivity contribution in [3.05, 3.63) is 72.9 Å². The van der Waals surface area contributed by atoms with Gasteiger partial charge in [0, 0.05) is 7.11 Å². The molecule has 0 aromatic heterocycles. The van der Waals surface area contributed by atoms with Crippen LogP contribution in [0.5, 0.6) is 0 Å². The molecule has 0 spiro atoms. The van der Waals surface area contributed by atoms with Crippen LogP contribution in [0.2, 0.25) is 0 Å². The molecule has 0 saturated carbocycles. The Labute approximate surface area is 97.8 Å². The highest BCUT2D eigenvalue weighted by atomic mass is 16.5. The maximum absolute atomic E-state index is 5.64. The van der Waals surface area contributed by atoms with Crippen molar-refractivity contribution < 1.29 is 4.74 Å². The summed E-state index contributed by atoms with van der Waals surface area (Å²) >= 11 is 0. The van der Waals surface area contributed by atoms with Gasteiger partial charge in [0.2, 0.25) is 0 Å². The first-order chi connectivity index (χ1) is 7.69. The van der Waals surface area contributed by atoms with E-state index in [4.69, 9.17) is 4.74 Å². The number of hydrogen-bond donors (Lipinski definition) is 0. The SMILES string of the molecule is C=C/C=C(\C=C)C(C)(OC)c1ccccc1. The normalized spacial score (nSPS) is 15.2. The van der Waals surface area contributed by atoms with Crippen LogP contribution in [0, 0.1) is 0 Å². The van der Waals surface area contributed by atoms with Gasteiger partial charge < -0.3 is 4.74 Å². The summed E-state index contributed by atoms with van der Waals surface area (Å²) < 4.78 is 5.64. The third-order valence-corrected chi connectivity index (χ3v) is 2.80. The number of ether oxygens (including phenoxy) is 1. The van der Waals surface area contributed by atoms with Crippen molar-refractivity contribution in [2.24, 2.45) is 0 Å². The van der Waals surface area contributed by atoms with Crippen LogP contribution in [-0.4, -0.2) is 7.11 Å². The van der Waals surface area contributed by atoms with Crippen LogP contribution in [0.3, 0.4) is 0 Å². The highest BCUT2D eigenvalue weighted by Crippen LogP contribution is 2.33. The molecule has 0 saturated heterocycles. The van der Waals surface area contributed by atoms with Crippen LogP contribution >= 0.6 is 0 Å². The number of benzene rings is 1. The first-order valence-electron chi connectivity index (χ1n) is 5.25. The van der Waals surface area contributed by atoms with Crippen LogP contribution < -0.4 is 0 Å². The van der Waals surface area contributed by atoms with E-state index in [1.165, 1.54) is 0 Å². The largest absolute Gasteiger partial charge is 0.369 e. The first kappa shape index (κ1) is 12.5. The fraction of sp³-hybridized carbons (Fsp3) is 0.200. The molecule has 1 heteroatoms. The summed E-state index contributed by atoms with van der Waals surface area (Å²) in [6, 6.07) is 10.1. The van der Waals surface area contributed by atoms with Gasteiger partial charge in [0.1, 0.15) is 5.60 Å². The zero-order valence-electron chi connectivity index (χ0n) is 9.94. The Morgan fingerprint density at radius 3 is 2.31 bits per heavy atom. The lowest BCUT2D eigenvalue weighted by Gasteiger charge is -2.30. The summed E-state index contributed by atoms with van der Waals surface area (Å²) in [5.74, 6) is 0. The number of hydrogen-bond acceptors (Lipinski definition) is 1. The molecule has 1 unspecified atom stereocenters. The first-order valence-corrected chi connectivity index (χ1v) is 5.25. The van der Waals surface area contributed by atoms with Gasteiger partial charge in [0.15, 0.2) is 0 Å². The Hall–Kier alpha value is -1.60. The summed E-state index contributed by atoms with van der Waals surface area (Å²) in [7, 11) is 1.70. The molecule has 0 amide bonds. The topological polar surface area (TPSA) is 9.23 Å². The molecule has 1 rings (SSSR count). The summed E-state index contributed by atoms with van der Waals surface area (Å²) in [5, 5.41) is 0. The standard InChI is InChI=1S/C15H18O/c1-5-10-13(6-2)15(3,16-4)14-11-8-7-9-12-14/h5-12H,1-2H2,3-4H3/b13-10+. The van der Waals surface area contributed by atoms with E-state index in [2.05, 4.69) is 13.2 Å². The number of allylic oxidation sites excluding steroid dienone is 2. The number of rotatable bonds is 5. The summed E-state index contributed by atoms with van der Waals surface area (Å²) in [4.78, 5) is 0. The Morgan fingerprint density at radius 2 is 1.88 bits per heavy atom. The van der Waals surface area contributed by atoms with Crippen molar-refractivity contribution in [3.63, 3.8) is 0 Å². The van der Waals surface area contributed by atoms with Gasteiger partial charge in [0.05, 0.1) is 0 Å². The smallest absolute Gasteiger partial charge is 0.115 e. The van der Waals surface area contributed by atoms with Gasteiger partial charge in [-0.3, -0.25) is 0 Å². The van der Waals surface area contributed by atoms with Gasteiger partial charge in [0.25, 0.3) is 0 Å². The maximum Gasteiger partial charge on any atom is 0.115 e. The molecule has 84 valence electrons. The minimum absolute atomic E-state index is 0.475. The minimum Gasteiger partial charge on any atom is -0.369 e. The molecule has 0 radical (unpaired) electrons. The minimum atomic E-state index is -0.475. The highest BCUT2D eigenvalue weighted by molar-refractivity contribution is 5.39. The average molecular weight is 214 g/mol. The van der Waals surface area contributed by atoms with E-state index in [9.17, 15) is 0 Å². The summed E-state index contributed by atoms with van der Waals surface area (Å²) in [6.07, 6.45) is 5.47. The molecule has 0 heterocycles. The van der Waals surface area contributed by atoms with E-state index >= 15 is 0 Å². The van der Waals surface area contributed by atoms with Crippen molar-refractivity contribution in [2.75, 3.05) is 7.11 Å². The molecule has 1 nitrogen and oxygen atoms in total. The average Bonchev–Trinajstić information content (AvgIpc) is 2.36. The van der Waals surface area contributed by atoms with E-state index in [0.717, 1.165) is 11.1 Å². The van der Waals surface area contributed by atoms with Gasteiger partial charge in [-0.05, 0) is 18.1 Å². The highest BCUT2D eigenvalue weighted by Gasteiger charge is 2.28. The molecule has 0 aliphatic carbocycles. The Balaban J connectivity index is 3.26. The van der Waals surface area contributed by atoms with Crippen LogP contribution in [0.25, 0.3) is 0 Å². The van der Waals surface area contributed by atoms with Gasteiger partial charge in [-0.2, -0.15) is 0 Å². The quantitative estimate of drug-likeness (QED) is 0.676. The molecule has 0 aliphatic rings. The zero-order chi connectivity index (χ0) is 12.0. The zero-order valence-corrected chi connectivity index (χ0v) is 9.94. The third kappa shape index (κ3) is 2.31. The monoisotopic (exact) mass is 214 g/mol. The molecular weight excluding hydrogens is 196 g/mol. The summed E-state index contributed by atoms with van der Waals surface area (Å²) in [5.41, 5.74) is 1.62. The fourth-order valence-electron chi connectivity index (χ4n) is 1.71. The van der Waals surface area contributed by atoms with E-state index < -0.39 is 5.60 Å². The molecule has 1 atom stereocenters. The van der Waals surface area contributed by atoms with Crippen molar-refractivity contribution >= 4 is 0 Å². The summed E-state index contributed by atoms with van der Waals surface area (Å²) in [6.45, 7) is 9.56. The molecule has 0 fully saturated rings. The lowest BCUT2D eigenvalue weighted by molar-refractivity contribution is 0.0385. The van der Waals surface area contributed by atoms with Crippen molar-refractivity contribution in [2.45, 2.75) is 12.5 Å². The molecule has 0 bridgehead atoms. The van der Waals surface area contributed by atoms with Crippen LogP contribution in [0.15, 0.2) is 67.3 Å². The lowest BCUT2D eigenvalue weighted by atomic mass is 9.87. The van der Waals surface area contributed by atoms with E-state index in [-0.39, 0.29) is 0 Å². The molecule has 0 N–H and O–H groups in total. The van der Waals surface area contributed by atoms with Gasteiger partial charge in [-0.15, -0.1) is 0 Å². The molecule has 1 aromatic rings. The van der Waals surface area contributed by atoms with Crippen molar-refractivity contribution in [1.82, 2.24) is 0 Å². The van der Waals surface area contributed by atoms with Crippen LogP contribution in [0.4, 0.5) is 0 Å².